The zero-order chi connectivity index (χ0) is 15.1. The maximum Gasteiger partial charge on any atom is 0.417 e. The lowest BCUT2D eigenvalue weighted by atomic mass is 10.1. The Morgan fingerprint density at radius 3 is 3.00 bits per heavy atom. The molecule has 0 unspecified atom stereocenters. The van der Waals surface area contributed by atoms with Gasteiger partial charge in [-0.2, -0.15) is 0 Å². The number of hydrogen-bond donors (Lipinski definition) is 1. The van der Waals surface area contributed by atoms with E-state index in [2.05, 4.69) is 11.1 Å². The van der Waals surface area contributed by atoms with Gasteiger partial charge in [0.15, 0.2) is 5.58 Å². The monoisotopic (exact) mass is 294 g/mol. The largest absolute Gasteiger partial charge is 0.417 e. The van der Waals surface area contributed by atoms with Gasteiger partial charge >= 0.3 is 5.76 Å². The lowest BCUT2D eigenvalue weighted by Crippen LogP contribution is -2.30. The number of carbonyl (C=O) groups excluding carboxylic acids is 1. The predicted molar refractivity (Wildman–Crippen MR) is 83.0 cm³/mol. The Bertz CT molecular complexity index is 923. The third-order valence-electron chi connectivity index (χ3n) is 4.03. The molecule has 5 heteroatoms. The predicted octanol–water partition coefficient (Wildman–Crippen LogP) is 2.25. The van der Waals surface area contributed by atoms with Crippen LogP contribution in [-0.2, 0) is 17.6 Å². The van der Waals surface area contributed by atoms with Crippen molar-refractivity contribution < 1.29 is 9.21 Å². The summed E-state index contributed by atoms with van der Waals surface area (Å²) in [4.78, 5) is 28.2. The van der Waals surface area contributed by atoms with Crippen molar-refractivity contribution in [2.75, 3.05) is 11.4 Å². The van der Waals surface area contributed by atoms with E-state index in [0.29, 0.717) is 17.5 Å². The van der Waals surface area contributed by atoms with Crippen molar-refractivity contribution in [2.45, 2.75) is 12.8 Å². The van der Waals surface area contributed by atoms with Gasteiger partial charge in [-0.3, -0.25) is 9.78 Å². The van der Waals surface area contributed by atoms with Crippen molar-refractivity contribution in [3.63, 3.8) is 0 Å². The van der Waals surface area contributed by atoms with Gasteiger partial charge in [0.05, 0.1) is 11.9 Å². The minimum absolute atomic E-state index is 0.0649. The van der Waals surface area contributed by atoms with Crippen LogP contribution in [0.1, 0.15) is 11.1 Å². The molecule has 1 aromatic heterocycles. The van der Waals surface area contributed by atoms with Crippen LogP contribution in [0, 0.1) is 0 Å². The molecular weight excluding hydrogens is 280 g/mol. The Hall–Kier alpha value is -2.82. The molecule has 0 fully saturated rings. The molecule has 0 spiro atoms. The fraction of sp³-hybridized carbons (Fsp3) is 0.176. The summed E-state index contributed by atoms with van der Waals surface area (Å²) in [5, 5.41) is 0. The lowest BCUT2D eigenvalue weighted by molar-refractivity contribution is -0.117. The van der Waals surface area contributed by atoms with Crippen molar-refractivity contribution in [1.82, 2.24) is 4.98 Å². The number of benzene rings is 2. The molecule has 1 aliphatic rings. The van der Waals surface area contributed by atoms with Crippen molar-refractivity contribution >= 4 is 22.7 Å². The van der Waals surface area contributed by atoms with E-state index in [-0.39, 0.29) is 5.91 Å². The number of carbonyl (C=O) groups is 1. The normalized spacial score (nSPS) is 13.5. The van der Waals surface area contributed by atoms with Crippen LogP contribution in [0.2, 0.25) is 0 Å². The number of anilines is 1. The summed E-state index contributed by atoms with van der Waals surface area (Å²) in [6.45, 7) is 0.725. The number of aromatic amines is 1. The molecule has 0 atom stereocenters. The fourth-order valence-electron chi connectivity index (χ4n) is 2.98. The first-order chi connectivity index (χ1) is 10.7. The molecule has 4 rings (SSSR count). The Morgan fingerprint density at radius 2 is 2.09 bits per heavy atom. The minimum Gasteiger partial charge on any atom is -0.408 e. The number of rotatable bonds is 2. The summed E-state index contributed by atoms with van der Waals surface area (Å²) in [5.74, 6) is -0.415. The summed E-state index contributed by atoms with van der Waals surface area (Å²) in [6, 6.07) is 13.3. The van der Waals surface area contributed by atoms with Crippen LogP contribution in [0.25, 0.3) is 11.1 Å². The molecule has 0 aliphatic carbocycles. The standard InChI is InChI=1S/C17H14N2O3/c20-16(19-8-7-12-3-1-2-4-14(12)19)10-11-5-6-15-13(9-11)18-17(21)22-15/h1-6,9H,7-8,10H2,(H,18,21). The number of hydrogen-bond acceptors (Lipinski definition) is 3. The Morgan fingerprint density at radius 1 is 1.23 bits per heavy atom. The first-order valence-corrected chi connectivity index (χ1v) is 7.21. The molecule has 0 saturated heterocycles. The maximum atomic E-state index is 12.5. The van der Waals surface area contributed by atoms with E-state index in [1.807, 2.05) is 29.2 Å². The number of aromatic nitrogens is 1. The summed E-state index contributed by atoms with van der Waals surface area (Å²) >= 11 is 0. The lowest BCUT2D eigenvalue weighted by Gasteiger charge is -2.17. The maximum absolute atomic E-state index is 12.5. The molecule has 1 amide bonds. The van der Waals surface area contributed by atoms with Gasteiger partial charge in [-0.05, 0) is 35.7 Å². The first kappa shape index (κ1) is 12.9. The van der Waals surface area contributed by atoms with Crippen molar-refractivity contribution in [3.8, 4) is 0 Å². The van der Waals surface area contributed by atoms with Gasteiger partial charge < -0.3 is 9.32 Å². The number of fused-ring (bicyclic) bond motifs is 2. The van der Waals surface area contributed by atoms with Gasteiger partial charge in [0, 0.05) is 12.2 Å². The van der Waals surface area contributed by atoms with Gasteiger partial charge in [0.25, 0.3) is 0 Å². The van der Waals surface area contributed by atoms with Crippen molar-refractivity contribution in [3.05, 3.63) is 64.1 Å². The highest BCUT2D eigenvalue weighted by Gasteiger charge is 2.24. The molecule has 1 N–H and O–H groups in total. The molecule has 3 aromatic rings. The molecule has 2 heterocycles. The van der Waals surface area contributed by atoms with Crippen LogP contribution < -0.4 is 10.7 Å². The Labute approximate surface area is 126 Å². The van der Waals surface area contributed by atoms with Crippen LogP contribution in [0.4, 0.5) is 5.69 Å². The molecular formula is C17H14N2O3. The minimum atomic E-state index is -0.480. The van der Waals surface area contributed by atoms with E-state index in [4.69, 9.17) is 4.42 Å². The second-order valence-corrected chi connectivity index (χ2v) is 5.45. The van der Waals surface area contributed by atoms with Crippen molar-refractivity contribution in [1.29, 1.82) is 0 Å². The second kappa shape index (κ2) is 4.87. The number of H-pyrrole nitrogens is 1. The van der Waals surface area contributed by atoms with E-state index >= 15 is 0 Å². The number of nitrogens with zero attached hydrogens (tertiary/aromatic N) is 1. The first-order valence-electron chi connectivity index (χ1n) is 7.21. The Kier molecular flexibility index (Phi) is 2.85. The summed E-state index contributed by atoms with van der Waals surface area (Å²) in [7, 11) is 0. The van der Waals surface area contributed by atoms with Gasteiger partial charge in [0.2, 0.25) is 5.91 Å². The summed E-state index contributed by atoms with van der Waals surface area (Å²) in [5.41, 5.74) is 4.21. The third-order valence-corrected chi connectivity index (χ3v) is 4.03. The second-order valence-electron chi connectivity index (χ2n) is 5.45. The molecule has 5 nitrogen and oxygen atoms in total. The number of para-hydroxylation sites is 1. The molecule has 1 aliphatic heterocycles. The van der Waals surface area contributed by atoms with E-state index in [1.54, 1.807) is 12.1 Å². The zero-order valence-electron chi connectivity index (χ0n) is 11.8. The van der Waals surface area contributed by atoms with Crippen LogP contribution in [0.5, 0.6) is 0 Å². The molecule has 22 heavy (non-hydrogen) atoms. The number of amides is 1. The van der Waals surface area contributed by atoms with Crippen LogP contribution in [-0.4, -0.2) is 17.4 Å². The molecule has 0 radical (unpaired) electrons. The number of oxazole rings is 1. The highest BCUT2D eigenvalue weighted by Crippen LogP contribution is 2.28. The third kappa shape index (κ3) is 2.11. The average molecular weight is 294 g/mol. The Balaban J connectivity index is 1.60. The van der Waals surface area contributed by atoms with Gasteiger partial charge in [-0.25, -0.2) is 4.79 Å². The fourth-order valence-corrected chi connectivity index (χ4v) is 2.98. The molecule has 0 bridgehead atoms. The van der Waals surface area contributed by atoms with E-state index < -0.39 is 5.76 Å². The smallest absolute Gasteiger partial charge is 0.408 e. The van der Waals surface area contributed by atoms with Gasteiger partial charge in [-0.15, -0.1) is 0 Å². The van der Waals surface area contributed by atoms with Crippen LogP contribution >= 0.6 is 0 Å². The molecule has 110 valence electrons. The highest BCUT2D eigenvalue weighted by atomic mass is 16.4. The highest BCUT2D eigenvalue weighted by molar-refractivity contribution is 5.97. The topological polar surface area (TPSA) is 66.3 Å². The van der Waals surface area contributed by atoms with E-state index in [9.17, 15) is 9.59 Å². The number of nitrogens with one attached hydrogen (secondary N) is 1. The van der Waals surface area contributed by atoms with Gasteiger partial charge in [0.1, 0.15) is 0 Å². The van der Waals surface area contributed by atoms with Crippen LogP contribution in [0.15, 0.2) is 51.7 Å². The SMILES string of the molecule is O=C(Cc1ccc2oc(=O)[nH]c2c1)N1CCc2ccccc21. The van der Waals surface area contributed by atoms with E-state index in [0.717, 1.165) is 24.2 Å². The summed E-state index contributed by atoms with van der Waals surface area (Å²) < 4.78 is 4.97. The molecule has 2 aromatic carbocycles. The van der Waals surface area contributed by atoms with Crippen molar-refractivity contribution in [2.24, 2.45) is 0 Å². The van der Waals surface area contributed by atoms with E-state index in [1.165, 1.54) is 5.56 Å². The summed E-state index contributed by atoms with van der Waals surface area (Å²) in [6.07, 6.45) is 1.20. The van der Waals surface area contributed by atoms with Crippen LogP contribution in [0.3, 0.4) is 0 Å². The van der Waals surface area contributed by atoms with Gasteiger partial charge in [-0.1, -0.05) is 24.3 Å². The average Bonchev–Trinajstić information content (AvgIpc) is 3.09. The molecule has 0 saturated carbocycles. The quantitative estimate of drug-likeness (QED) is 0.788. The zero-order valence-corrected chi connectivity index (χ0v) is 11.8.